The predicted octanol–water partition coefficient (Wildman–Crippen LogP) is 10.2. The molecule has 0 radical (unpaired) electrons. The topological polar surface area (TPSA) is 244 Å². The first kappa shape index (κ1) is 69.9. The zero-order valence-electron chi connectivity index (χ0n) is 52.8. The maximum absolute atomic E-state index is 15.0. The smallest absolute Gasteiger partial charge is 0.303 e. The van der Waals surface area contributed by atoms with Crippen LogP contribution in [0.1, 0.15) is 202 Å². The number of aromatic nitrogens is 2. The molecule has 3 heterocycles. The minimum atomic E-state index is -0.776. The maximum atomic E-state index is 15.0. The summed E-state index contributed by atoms with van der Waals surface area (Å²) in [6, 6.07) is 15.6. The molecule has 5 rings (SSSR count). The number of hydrogen-bond donors (Lipinski definition) is 6. The highest BCUT2D eigenvalue weighted by Gasteiger charge is 2.35. The highest BCUT2D eigenvalue weighted by Crippen LogP contribution is 2.45. The van der Waals surface area contributed by atoms with Crippen molar-refractivity contribution >= 4 is 41.1 Å². The van der Waals surface area contributed by atoms with Crippen LogP contribution in [0.25, 0.3) is 0 Å². The first-order valence-corrected chi connectivity index (χ1v) is 32.5. The molecule has 0 unspecified atom stereocenters. The highest BCUT2D eigenvalue weighted by molar-refractivity contribution is 6.09. The molecule has 0 spiro atoms. The van der Waals surface area contributed by atoms with E-state index in [2.05, 4.69) is 39.7 Å². The highest BCUT2D eigenvalue weighted by atomic mass is 16.5. The number of nitrogens with zero attached hydrogens (tertiary/aromatic N) is 5. The fourth-order valence-corrected chi connectivity index (χ4v) is 12.0. The van der Waals surface area contributed by atoms with Crippen LogP contribution in [0.4, 0.5) is 11.5 Å². The minimum absolute atomic E-state index is 0.00850. The Kier molecular flexibility index (Phi) is 31.5. The first-order valence-electron chi connectivity index (χ1n) is 32.5. The van der Waals surface area contributed by atoms with Gasteiger partial charge in [0.25, 0.3) is 17.7 Å². The Labute approximate surface area is 509 Å². The van der Waals surface area contributed by atoms with Crippen molar-refractivity contribution in [3.8, 4) is 11.6 Å². The number of unbranched alkanes of at least 4 members (excludes halogenated alkanes) is 16. The van der Waals surface area contributed by atoms with E-state index in [0.29, 0.717) is 100 Å². The Balaban J connectivity index is 0.919. The van der Waals surface area contributed by atoms with Crippen LogP contribution in [-0.2, 0) is 19.2 Å². The molecule has 1 aliphatic carbocycles. The Morgan fingerprint density at radius 1 is 0.741 bits per heavy atom. The number of carbonyl (C=O) groups is 5. The average Bonchev–Trinajstić information content (AvgIpc) is 3.18. The lowest BCUT2D eigenvalue weighted by atomic mass is 9.85. The van der Waals surface area contributed by atoms with Crippen LogP contribution < -0.4 is 46.7 Å². The fourth-order valence-electron chi connectivity index (χ4n) is 12.0. The van der Waals surface area contributed by atoms with Gasteiger partial charge in [-0.15, -0.1) is 0 Å². The van der Waals surface area contributed by atoms with E-state index < -0.39 is 5.97 Å². The first-order chi connectivity index (χ1) is 41.0. The SMILES string of the molecule is COc1ccc(C(=O)N(CC(C)(C)CCCCCCCCCCCCCCCCCCCC(=O)NCCC[N+](C)(CC(=O)NCCN)CC(=O)NCCN)c2cccc(C)n2)c(N2CCC(COc3cc([C@@H](CC(=O)O)C4CC4)ccn3)CC2)c1. The van der Waals surface area contributed by atoms with Gasteiger partial charge in [-0.3, -0.25) is 28.9 Å². The number of nitrogens with two attached hydrogens (primary N) is 2. The molecule has 1 atom stereocenters. The second-order valence-electron chi connectivity index (χ2n) is 25.4. The van der Waals surface area contributed by atoms with Crippen molar-refractivity contribution in [1.29, 1.82) is 0 Å². The van der Waals surface area contributed by atoms with Crippen molar-refractivity contribution in [3.63, 3.8) is 0 Å². The molecular weight excluding hydrogens is 1070 g/mol. The second kappa shape index (κ2) is 38.3. The van der Waals surface area contributed by atoms with E-state index in [0.717, 1.165) is 87.8 Å². The van der Waals surface area contributed by atoms with Crippen LogP contribution in [0.2, 0.25) is 0 Å². The second-order valence-corrected chi connectivity index (χ2v) is 25.4. The number of rotatable bonds is 45. The summed E-state index contributed by atoms with van der Waals surface area (Å²) in [4.78, 5) is 77.6. The van der Waals surface area contributed by atoms with Gasteiger partial charge in [0.05, 0.1) is 45.0 Å². The molecule has 4 amide bonds. The molecule has 18 heteroatoms. The number of quaternary nitrogens is 1. The number of pyridine rings is 2. The molecule has 1 saturated heterocycles. The minimum Gasteiger partial charge on any atom is -0.497 e. The van der Waals surface area contributed by atoms with E-state index in [-0.39, 0.29) is 59.0 Å². The molecule has 8 N–H and O–H groups in total. The normalized spacial score (nSPS) is 14.2. The number of aryl methyl sites for hydroxylation is 1. The molecule has 3 aromatic rings. The number of benzene rings is 1. The molecule has 1 aliphatic heterocycles. The summed E-state index contributed by atoms with van der Waals surface area (Å²) >= 11 is 0. The van der Waals surface area contributed by atoms with E-state index in [1.54, 1.807) is 13.3 Å². The number of ether oxygens (including phenoxy) is 2. The molecule has 18 nitrogen and oxygen atoms in total. The summed E-state index contributed by atoms with van der Waals surface area (Å²) in [6.07, 6.45) is 28.8. The van der Waals surface area contributed by atoms with E-state index in [1.165, 1.54) is 83.5 Å². The quantitative estimate of drug-likeness (QED) is 0.0228. The summed E-state index contributed by atoms with van der Waals surface area (Å²) < 4.78 is 12.2. The standard InChI is InChI=1S/C67H108N10O8/c1-52-25-23-26-60(74-52)76(66(83)57-31-30-56(84-5)46-59(57)75-42-33-53(34-43-75)50-85-64-45-55(32-39-73-64)58(47-65(81)82)54-28-29-54)51-67(2,3)35-22-20-18-16-14-12-10-8-6-7-9-11-13-15-17-19-21-27-61(78)70-38-24-44-77(4,48-62(79)71-40-36-68)49-63(80)72-41-37-69/h23,25-26,30-32,39,45-46,53-54,58H,6-22,24,27-29,33-38,40-44,47-51,68-69H2,1-5H3,(H3-,70,71,72,78,79,80,81,82)/p+1/t58-/m0/s1. The van der Waals surface area contributed by atoms with Gasteiger partial charge in [0, 0.05) is 89.2 Å². The largest absolute Gasteiger partial charge is 0.497 e. The van der Waals surface area contributed by atoms with Crippen LogP contribution in [0.3, 0.4) is 0 Å². The number of hydrogen-bond acceptors (Lipinski definition) is 12. The van der Waals surface area contributed by atoms with E-state index in [4.69, 9.17) is 25.9 Å². The number of anilines is 2. The van der Waals surface area contributed by atoms with Gasteiger partial charge in [-0.05, 0) is 105 Å². The van der Waals surface area contributed by atoms with Gasteiger partial charge >= 0.3 is 5.97 Å². The van der Waals surface area contributed by atoms with Crippen molar-refractivity contribution < 1.29 is 43.0 Å². The number of piperidine rings is 1. The number of carbonyl (C=O) groups excluding carboxylic acids is 4. The van der Waals surface area contributed by atoms with Gasteiger partial charge in [-0.2, -0.15) is 0 Å². The van der Waals surface area contributed by atoms with Crippen molar-refractivity contribution in [2.24, 2.45) is 28.7 Å². The summed E-state index contributed by atoms with van der Waals surface area (Å²) in [6.45, 7) is 12.0. The van der Waals surface area contributed by atoms with Crippen LogP contribution >= 0.6 is 0 Å². The monoisotopic (exact) mass is 1180 g/mol. The number of likely N-dealkylation sites (N-methyl/N-ethyl adjacent to an activating group) is 1. The Morgan fingerprint density at radius 3 is 1.87 bits per heavy atom. The fraction of sp³-hybridized carbons (Fsp3) is 0.687. The van der Waals surface area contributed by atoms with Gasteiger partial charge in [0.1, 0.15) is 11.6 Å². The Bertz CT molecular complexity index is 2440. The zero-order valence-corrected chi connectivity index (χ0v) is 52.8. The number of carboxylic acid groups (broad SMARTS) is 1. The zero-order chi connectivity index (χ0) is 61.3. The molecule has 2 aliphatic rings. The third kappa shape index (κ3) is 27.2. The van der Waals surface area contributed by atoms with E-state index in [1.807, 2.05) is 67.4 Å². The summed E-state index contributed by atoms with van der Waals surface area (Å²) in [5, 5.41) is 18.1. The third-order valence-corrected chi connectivity index (χ3v) is 17.0. The van der Waals surface area contributed by atoms with Crippen LogP contribution in [0.5, 0.6) is 11.6 Å². The van der Waals surface area contributed by atoms with Gasteiger partial charge in [0.2, 0.25) is 11.8 Å². The molecular formula is C67H109N10O8+. The molecule has 1 aromatic carbocycles. The van der Waals surface area contributed by atoms with E-state index >= 15 is 0 Å². The number of methoxy groups -OCH3 is 1. The molecule has 2 fully saturated rings. The predicted molar refractivity (Wildman–Crippen MR) is 340 cm³/mol. The lowest BCUT2D eigenvalue weighted by Gasteiger charge is -2.36. The van der Waals surface area contributed by atoms with Crippen LogP contribution in [-0.4, -0.2) is 142 Å². The van der Waals surface area contributed by atoms with Crippen LogP contribution in [0, 0.1) is 24.2 Å². The lowest BCUT2D eigenvalue weighted by Crippen LogP contribution is -2.56. The Morgan fingerprint density at radius 2 is 1.32 bits per heavy atom. The molecule has 474 valence electrons. The third-order valence-electron chi connectivity index (χ3n) is 17.0. The van der Waals surface area contributed by atoms with Crippen molar-refractivity contribution in [2.75, 3.05) is 103 Å². The van der Waals surface area contributed by atoms with Crippen molar-refractivity contribution in [1.82, 2.24) is 25.9 Å². The lowest BCUT2D eigenvalue weighted by molar-refractivity contribution is -0.894. The number of nitrogens with one attached hydrogen (secondary N) is 3. The Hall–Kier alpha value is -5.85. The molecule has 85 heavy (non-hydrogen) atoms. The number of amides is 4. The summed E-state index contributed by atoms with van der Waals surface area (Å²) in [5.41, 5.74) is 14.3. The number of aliphatic carboxylic acids is 1. The summed E-state index contributed by atoms with van der Waals surface area (Å²) in [5.74, 6) is 1.57. The van der Waals surface area contributed by atoms with Crippen LogP contribution in [0.15, 0.2) is 54.7 Å². The van der Waals surface area contributed by atoms with Gasteiger partial charge in [-0.25, -0.2) is 9.97 Å². The van der Waals surface area contributed by atoms with Crippen molar-refractivity contribution in [2.45, 2.75) is 187 Å². The van der Waals surface area contributed by atoms with E-state index in [9.17, 15) is 29.1 Å². The van der Waals surface area contributed by atoms with Gasteiger partial charge in [0.15, 0.2) is 13.1 Å². The maximum Gasteiger partial charge on any atom is 0.303 e. The summed E-state index contributed by atoms with van der Waals surface area (Å²) in [7, 11) is 3.55. The number of carboxylic acids is 1. The van der Waals surface area contributed by atoms with Crippen molar-refractivity contribution in [3.05, 3.63) is 71.5 Å². The molecule has 1 saturated carbocycles. The average molecular weight is 1180 g/mol. The molecule has 2 aromatic heterocycles. The molecule has 0 bridgehead atoms. The van der Waals surface area contributed by atoms with Gasteiger partial charge in [-0.1, -0.05) is 123 Å². The van der Waals surface area contributed by atoms with Gasteiger partial charge < -0.3 is 51.4 Å².